The lowest BCUT2D eigenvalue weighted by atomic mass is 9.94. The minimum atomic E-state index is -0.355. The Kier molecular flexibility index (Phi) is 7.59. The van der Waals surface area contributed by atoms with Gasteiger partial charge in [0.15, 0.2) is 0 Å². The van der Waals surface area contributed by atoms with Crippen molar-refractivity contribution in [2.24, 2.45) is 11.8 Å². The second kappa shape index (κ2) is 9.91. The predicted molar refractivity (Wildman–Crippen MR) is 106 cm³/mol. The van der Waals surface area contributed by atoms with E-state index in [1.165, 1.54) is 0 Å². The minimum Gasteiger partial charge on any atom is -0.458 e. The van der Waals surface area contributed by atoms with Gasteiger partial charge in [0.05, 0.1) is 11.1 Å². The Balaban J connectivity index is 2.06. The van der Waals surface area contributed by atoms with Crippen molar-refractivity contribution in [3.8, 4) is 0 Å². The molecule has 0 aliphatic heterocycles. The van der Waals surface area contributed by atoms with E-state index in [1.54, 1.807) is 48.5 Å². The van der Waals surface area contributed by atoms with Crippen LogP contribution in [0.5, 0.6) is 0 Å². The molecule has 0 saturated heterocycles. The van der Waals surface area contributed by atoms with E-state index in [1.807, 2.05) is 39.8 Å². The molecule has 0 radical (unpaired) electrons. The monoisotopic (exact) mass is 368 g/mol. The Morgan fingerprint density at radius 2 is 1.00 bits per heavy atom. The molecule has 0 heterocycles. The van der Waals surface area contributed by atoms with Crippen LogP contribution in [-0.2, 0) is 9.47 Å². The van der Waals surface area contributed by atoms with Gasteiger partial charge in [-0.1, -0.05) is 64.1 Å². The molecule has 0 aliphatic rings. The van der Waals surface area contributed by atoms with Gasteiger partial charge in [-0.2, -0.15) is 0 Å². The van der Waals surface area contributed by atoms with Gasteiger partial charge in [-0.05, 0) is 36.1 Å². The zero-order valence-electron chi connectivity index (χ0n) is 16.4. The third-order valence-electron chi connectivity index (χ3n) is 4.49. The molecule has 0 saturated carbocycles. The van der Waals surface area contributed by atoms with Gasteiger partial charge in [0.25, 0.3) is 0 Å². The van der Waals surface area contributed by atoms with Crippen LogP contribution in [0.25, 0.3) is 0 Å². The van der Waals surface area contributed by atoms with E-state index in [-0.39, 0.29) is 36.0 Å². The molecule has 2 aromatic rings. The van der Waals surface area contributed by atoms with Crippen LogP contribution in [0.1, 0.15) is 54.8 Å². The fourth-order valence-corrected chi connectivity index (χ4v) is 2.70. The molecule has 0 bridgehead atoms. The van der Waals surface area contributed by atoms with Gasteiger partial charge >= 0.3 is 11.9 Å². The Hall–Kier alpha value is -2.62. The fourth-order valence-electron chi connectivity index (χ4n) is 2.70. The summed E-state index contributed by atoms with van der Waals surface area (Å²) in [4.78, 5) is 24.8. The van der Waals surface area contributed by atoms with Crippen molar-refractivity contribution in [1.29, 1.82) is 0 Å². The lowest BCUT2D eigenvalue weighted by Crippen LogP contribution is -2.33. The molecule has 0 aromatic heterocycles. The standard InChI is InChI=1S/C23H28O4/c1-16(2)20(26-22(24)18-11-7-5-8-12-18)15-21(17(3)4)27-23(25)19-13-9-6-10-14-19/h5-14,16-17,20-21H,15H2,1-4H3. The number of ether oxygens (including phenoxy) is 2. The summed E-state index contributed by atoms with van der Waals surface area (Å²) in [6.07, 6.45) is -0.214. The summed E-state index contributed by atoms with van der Waals surface area (Å²) >= 11 is 0. The summed E-state index contributed by atoms with van der Waals surface area (Å²) in [5, 5.41) is 0. The zero-order valence-corrected chi connectivity index (χ0v) is 16.4. The summed E-state index contributed by atoms with van der Waals surface area (Å²) in [5.41, 5.74) is 1.04. The van der Waals surface area contributed by atoms with Crippen molar-refractivity contribution in [3.05, 3.63) is 71.8 Å². The molecule has 0 spiro atoms. The van der Waals surface area contributed by atoms with Gasteiger partial charge in [-0.15, -0.1) is 0 Å². The first-order chi connectivity index (χ1) is 12.9. The zero-order chi connectivity index (χ0) is 19.8. The first-order valence-corrected chi connectivity index (χ1v) is 9.40. The van der Waals surface area contributed by atoms with Gasteiger partial charge in [-0.3, -0.25) is 0 Å². The van der Waals surface area contributed by atoms with Crippen LogP contribution in [-0.4, -0.2) is 24.1 Å². The highest BCUT2D eigenvalue weighted by Crippen LogP contribution is 2.22. The van der Waals surface area contributed by atoms with Crippen LogP contribution >= 0.6 is 0 Å². The number of rotatable bonds is 8. The largest absolute Gasteiger partial charge is 0.458 e. The number of carbonyl (C=O) groups is 2. The van der Waals surface area contributed by atoms with E-state index in [9.17, 15) is 9.59 Å². The van der Waals surface area contributed by atoms with Crippen LogP contribution in [0.2, 0.25) is 0 Å². The van der Waals surface area contributed by atoms with E-state index in [0.29, 0.717) is 17.5 Å². The molecule has 2 aromatic carbocycles. The van der Waals surface area contributed by atoms with E-state index >= 15 is 0 Å². The number of hydrogen-bond acceptors (Lipinski definition) is 4. The second-order valence-corrected chi connectivity index (χ2v) is 7.34. The summed E-state index contributed by atoms with van der Waals surface area (Å²) in [5.74, 6) is -0.499. The smallest absolute Gasteiger partial charge is 0.338 e. The molecule has 27 heavy (non-hydrogen) atoms. The number of carbonyl (C=O) groups excluding carboxylic acids is 2. The third kappa shape index (κ3) is 6.24. The normalized spacial score (nSPS) is 13.3. The molecule has 0 amide bonds. The third-order valence-corrected chi connectivity index (χ3v) is 4.49. The predicted octanol–water partition coefficient (Wildman–Crippen LogP) is 5.14. The molecule has 0 fully saturated rings. The fraction of sp³-hybridized carbons (Fsp3) is 0.391. The SMILES string of the molecule is CC(C)C(CC(OC(=O)c1ccccc1)C(C)C)OC(=O)c1ccccc1. The highest BCUT2D eigenvalue weighted by atomic mass is 16.6. The summed E-state index contributed by atoms with van der Waals surface area (Å²) in [6.45, 7) is 8.00. The highest BCUT2D eigenvalue weighted by molar-refractivity contribution is 5.90. The lowest BCUT2D eigenvalue weighted by molar-refractivity contribution is -0.0219. The van der Waals surface area contributed by atoms with Crippen molar-refractivity contribution in [2.45, 2.75) is 46.3 Å². The lowest BCUT2D eigenvalue weighted by Gasteiger charge is -2.28. The van der Waals surface area contributed by atoms with Crippen molar-refractivity contribution < 1.29 is 19.1 Å². The highest BCUT2D eigenvalue weighted by Gasteiger charge is 2.28. The average molecular weight is 368 g/mol. The Labute approximate surface area is 161 Å². The van der Waals surface area contributed by atoms with Crippen LogP contribution < -0.4 is 0 Å². The molecule has 0 N–H and O–H groups in total. The van der Waals surface area contributed by atoms with E-state index < -0.39 is 0 Å². The summed E-state index contributed by atoms with van der Waals surface area (Å²) in [6, 6.07) is 17.9. The van der Waals surface area contributed by atoms with Crippen molar-refractivity contribution in [3.63, 3.8) is 0 Å². The number of benzene rings is 2. The van der Waals surface area contributed by atoms with E-state index in [2.05, 4.69) is 0 Å². The van der Waals surface area contributed by atoms with Crippen LogP contribution in [0, 0.1) is 11.8 Å². The molecule has 0 aliphatic carbocycles. The van der Waals surface area contributed by atoms with Crippen LogP contribution in [0.3, 0.4) is 0 Å². The van der Waals surface area contributed by atoms with Gasteiger partial charge in [-0.25, -0.2) is 9.59 Å². The molecule has 2 unspecified atom stereocenters. The Morgan fingerprint density at radius 1 is 0.667 bits per heavy atom. The Morgan fingerprint density at radius 3 is 1.30 bits per heavy atom. The maximum Gasteiger partial charge on any atom is 0.338 e. The van der Waals surface area contributed by atoms with Gasteiger partial charge in [0.2, 0.25) is 0 Å². The number of esters is 2. The maximum absolute atomic E-state index is 12.4. The molecule has 4 heteroatoms. The van der Waals surface area contributed by atoms with Crippen molar-refractivity contribution >= 4 is 11.9 Å². The van der Waals surface area contributed by atoms with E-state index in [0.717, 1.165) is 0 Å². The first kappa shape index (κ1) is 20.7. The number of hydrogen-bond donors (Lipinski definition) is 0. The van der Waals surface area contributed by atoms with Crippen LogP contribution in [0.15, 0.2) is 60.7 Å². The minimum absolute atomic E-state index is 0.106. The summed E-state index contributed by atoms with van der Waals surface area (Å²) in [7, 11) is 0. The maximum atomic E-state index is 12.4. The second-order valence-electron chi connectivity index (χ2n) is 7.34. The summed E-state index contributed by atoms with van der Waals surface area (Å²) < 4.78 is 11.5. The molecule has 2 atom stereocenters. The molecule has 2 rings (SSSR count). The van der Waals surface area contributed by atoms with E-state index in [4.69, 9.17) is 9.47 Å². The Bertz CT molecular complexity index is 659. The van der Waals surface area contributed by atoms with Crippen molar-refractivity contribution in [2.75, 3.05) is 0 Å². The quantitative estimate of drug-likeness (QED) is 0.606. The molecule has 144 valence electrons. The topological polar surface area (TPSA) is 52.6 Å². The van der Waals surface area contributed by atoms with Crippen molar-refractivity contribution in [1.82, 2.24) is 0 Å². The van der Waals surface area contributed by atoms with Gasteiger partial charge in [0, 0.05) is 6.42 Å². The van der Waals surface area contributed by atoms with Crippen LogP contribution in [0.4, 0.5) is 0 Å². The molecule has 4 nitrogen and oxygen atoms in total. The van der Waals surface area contributed by atoms with Gasteiger partial charge in [0.1, 0.15) is 12.2 Å². The van der Waals surface area contributed by atoms with Gasteiger partial charge < -0.3 is 9.47 Å². The first-order valence-electron chi connectivity index (χ1n) is 9.40. The molecular weight excluding hydrogens is 340 g/mol. The molecular formula is C23H28O4. The average Bonchev–Trinajstić information content (AvgIpc) is 2.67.